The van der Waals surface area contributed by atoms with Gasteiger partial charge in [-0.1, -0.05) is 6.92 Å². The second-order valence-corrected chi connectivity index (χ2v) is 4.23. The Labute approximate surface area is 100 Å². The van der Waals surface area contributed by atoms with Gasteiger partial charge < -0.3 is 20.4 Å². The molecule has 94 valence electrons. The van der Waals surface area contributed by atoms with Crippen LogP contribution < -0.4 is 10.2 Å². The van der Waals surface area contributed by atoms with Crippen LogP contribution in [-0.2, 0) is 0 Å². The van der Waals surface area contributed by atoms with Crippen LogP contribution in [0.5, 0.6) is 0 Å². The normalized spacial score (nSPS) is 24.1. The Balaban J connectivity index is 2.06. The van der Waals surface area contributed by atoms with Crippen molar-refractivity contribution in [1.82, 2.24) is 9.97 Å². The summed E-state index contributed by atoms with van der Waals surface area (Å²) < 4.78 is 0. The molecule has 0 radical (unpaired) electrons. The first-order valence-corrected chi connectivity index (χ1v) is 5.87. The maximum Gasteiger partial charge on any atom is 0.149 e. The summed E-state index contributed by atoms with van der Waals surface area (Å²) in [6.45, 7) is 3.72. The zero-order valence-corrected chi connectivity index (χ0v) is 9.87. The van der Waals surface area contributed by atoms with Gasteiger partial charge >= 0.3 is 0 Å². The van der Waals surface area contributed by atoms with E-state index in [-0.39, 0.29) is 0 Å². The fourth-order valence-electron chi connectivity index (χ4n) is 1.80. The number of β-amino-alcohol motifs (C(OH)–C–C–N with tert-alkyl or cyclic N) is 2. The summed E-state index contributed by atoms with van der Waals surface area (Å²) in [4.78, 5) is 10.3. The van der Waals surface area contributed by atoms with Gasteiger partial charge in [0, 0.05) is 19.6 Å². The third-order valence-corrected chi connectivity index (χ3v) is 2.76. The molecule has 0 amide bonds. The average Bonchev–Trinajstić information content (AvgIpc) is 2.68. The third-order valence-electron chi connectivity index (χ3n) is 2.76. The monoisotopic (exact) mass is 238 g/mol. The summed E-state index contributed by atoms with van der Waals surface area (Å²) in [6.07, 6.45) is 2.92. The molecule has 0 spiro atoms. The molecule has 17 heavy (non-hydrogen) atoms. The predicted octanol–water partition coefficient (Wildman–Crippen LogP) is -0.160. The van der Waals surface area contributed by atoms with E-state index in [9.17, 15) is 10.2 Å². The Hall–Kier alpha value is -1.40. The van der Waals surface area contributed by atoms with Crippen molar-refractivity contribution in [2.45, 2.75) is 25.6 Å². The van der Waals surface area contributed by atoms with Crippen molar-refractivity contribution < 1.29 is 10.2 Å². The molecule has 1 aromatic rings. The Morgan fingerprint density at radius 2 is 2.06 bits per heavy atom. The third kappa shape index (κ3) is 2.83. The molecule has 0 saturated carbocycles. The SMILES string of the molecule is CCCNc1cncc(N2CC(O)C(O)C2)n1. The molecule has 1 aromatic heterocycles. The average molecular weight is 238 g/mol. The van der Waals surface area contributed by atoms with Gasteiger partial charge in [-0.15, -0.1) is 0 Å². The van der Waals surface area contributed by atoms with E-state index >= 15 is 0 Å². The van der Waals surface area contributed by atoms with Crippen molar-refractivity contribution in [3.63, 3.8) is 0 Å². The van der Waals surface area contributed by atoms with E-state index in [0.717, 1.165) is 18.8 Å². The van der Waals surface area contributed by atoms with Crippen LogP contribution in [0.1, 0.15) is 13.3 Å². The van der Waals surface area contributed by atoms with E-state index < -0.39 is 12.2 Å². The molecular weight excluding hydrogens is 220 g/mol. The molecule has 0 aromatic carbocycles. The second kappa shape index (κ2) is 5.29. The lowest BCUT2D eigenvalue weighted by Crippen LogP contribution is -2.22. The van der Waals surface area contributed by atoms with Gasteiger partial charge in [0.15, 0.2) is 0 Å². The van der Waals surface area contributed by atoms with Crippen molar-refractivity contribution in [1.29, 1.82) is 0 Å². The van der Waals surface area contributed by atoms with Crippen LogP contribution in [0.2, 0.25) is 0 Å². The number of aliphatic hydroxyl groups excluding tert-OH is 2. The lowest BCUT2D eigenvalue weighted by Gasteiger charge is -2.16. The highest BCUT2D eigenvalue weighted by atomic mass is 16.3. The summed E-state index contributed by atoms with van der Waals surface area (Å²) in [5.74, 6) is 1.40. The van der Waals surface area contributed by atoms with Crippen molar-refractivity contribution in [2.75, 3.05) is 29.9 Å². The largest absolute Gasteiger partial charge is 0.389 e. The molecule has 1 aliphatic rings. The predicted molar refractivity (Wildman–Crippen MR) is 65.0 cm³/mol. The van der Waals surface area contributed by atoms with Crippen LogP contribution in [0.3, 0.4) is 0 Å². The number of hydrogen-bond donors (Lipinski definition) is 3. The molecule has 2 atom stereocenters. The maximum absolute atomic E-state index is 9.48. The molecule has 2 unspecified atom stereocenters. The Morgan fingerprint density at radius 3 is 2.71 bits per heavy atom. The van der Waals surface area contributed by atoms with Gasteiger partial charge in [-0.05, 0) is 6.42 Å². The van der Waals surface area contributed by atoms with E-state index in [4.69, 9.17) is 0 Å². The van der Waals surface area contributed by atoms with Gasteiger partial charge in [-0.25, -0.2) is 4.98 Å². The standard InChI is InChI=1S/C11H18N4O2/c1-2-3-13-10-4-12-5-11(14-10)15-6-8(16)9(17)7-15/h4-5,8-9,16-17H,2-3,6-7H2,1H3,(H,13,14). The molecule has 1 saturated heterocycles. The van der Waals surface area contributed by atoms with E-state index in [2.05, 4.69) is 22.2 Å². The number of rotatable bonds is 4. The number of aromatic nitrogens is 2. The summed E-state index contributed by atoms with van der Waals surface area (Å²) in [7, 11) is 0. The highest BCUT2D eigenvalue weighted by Gasteiger charge is 2.30. The van der Waals surface area contributed by atoms with Crippen LogP contribution in [0.15, 0.2) is 12.4 Å². The number of hydrogen-bond acceptors (Lipinski definition) is 6. The van der Waals surface area contributed by atoms with Gasteiger partial charge in [0.05, 0.1) is 24.6 Å². The molecule has 3 N–H and O–H groups in total. The highest BCUT2D eigenvalue weighted by molar-refractivity contribution is 5.45. The first kappa shape index (κ1) is 12.1. The molecule has 6 nitrogen and oxygen atoms in total. The fraction of sp³-hybridized carbons (Fsp3) is 0.636. The highest BCUT2D eigenvalue weighted by Crippen LogP contribution is 2.18. The van der Waals surface area contributed by atoms with Gasteiger partial charge in [-0.2, -0.15) is 0 Å². The van der Waals surface area contributed by atoms with Crippen molar-refractivity contribution in [2.24, 2.45) is 0 Å². The van der Waals surface area contributed by atoms with Gasteiger partial charge in [-0.3, -0.25) is 4.98 Å². The number of nitrogens with one attached hydrogen (secondary N) is 1. The lowest BCUT2D eigenvalue weighted by molar-refractivity contribution is 0.0572. The van der Waals surface area contributed by atoms with Crippen LogP contribution in [0.25, 0.3) is 0 Å². The lowest BCUT2D eigenvalue weighted by atomic mass is 10.3. The zero-order valence-electron chi connectivity index (χ0n) is 9.87. The fourth-order valence-corrected chi connectivity index (χ4v) is 1.80. The van der Waals surface area contributed by atoms with E-state index in [1.807, 2.05) is 4.90 Å². The molecule has 2 heterocycles. The molecular formula is C11H18N4O2. The minimum atomic E-state index is -0.705. The van der Waals surface area contributed by atoms with E-state index in [0.29, 0.717) is 18.9 Å². The Bertz CT molecular complexity index is 364. The zero-order chi connectivity index (χ0) is 12.3. The van der Waals surface area contributed by atoms with Gasteiger partial charge in [0.2, 0.25) is 0 Å². The Morgan fingerprint density at radius 1 is 1.35 bits per heavy atom. The van der Waals surface area contributed by atoms with Crippen LogP contribution in [0, 0.1) is 0 Å². The van der Waals surface area contributed by atoms with E-state index in [1.165, 1.54) is 0 Å². The van der Waals surface area contributed by atoms with Gasteiger partial charge in [0.1, 0.15) is 11.6 Å². The molecule has 0 aliphatic carbocycles. The smallest absolute Gasteiger partial charge is 0.149 e. The quantitative estimate of drug-likeness (QED) is 0.676. The molecule has 1 fully saturated rings. The van der Waals surface area contributed by atoms with Crippen molar-refractivity contribution in [3.8, 4) is 0 Å². The number of aliphatic hydroxyl groups is 2. The van der Waals surface area contributed by atoms with Crippen LogP contribution in [0.4, 0.5) is 11.6 Å². The van der Waals surface area contributed by atoms with Gasteiger partial charge in [0.25, 0.3) is 0 Å². The summed E-state index contributed by atoms with van der Waals surface area (Å²) in [5.41, 5.74) is 0. The number of anilines is 2. The van der Waals surface area contributed by atoms with Crippen LogP contribution >= 0.6 is 0 Å². The second-order valence-electron chi connectivity index (χ2n) is 4.23. The minimum absolute atomic E-state index is 0.396. The van der Waals surface area contributed by atoms with Crippen LogP contribution in [-0.4, -0.2) is 52.0 Å². The number of nitrogens with zero attached hydrogens (tertiary/aromatic N) is 3. The van der Waals surface area contributed by atoms with Crippen molar-refractivity contribution >= 4 is 11.6 Å². The topological polar surface area (TPSA) is 81.5 Å². The summed E-state index contributed by atoms with van der Waals surface area (Å²) >= 11 is 0. The molecule has 0 bridgehead atoms. The Kier molecular flexibility index (Phi) is 3.75. The first-order chi connectivity index (χ1) is 8.20. The summed E-state index contributed by atoms with van der Waals surface area (Å²) in [6, 6.07) is 0. The summed E-state index contributed by atoms with van der Waals surface area (Å²) in [5, 5.41) is 22.1. The molecule has 2 rings (SSSR count). The minimum Gasteiger partial charge on any atom is -0.389 e. The van der Waals surface area contributed by atoms with Crippen molar-refractivity contribution in [3.05, 3.63) is 12.4 Å². The molecule has 6 heteroatoms. The van der Waals surface area contributed by atoms with E-state index in [1.54, 1.807) is 12.4 Å². The maximum atomic E-state index is 9.48. The molecule has 1 aliphatic heterocycles. The first-order valence-electron chi connectivity index (χ1n) is 5.87.